The molecule has 0 aliphatic carbocycles. The highest BCUT2D eigenvalue weighted by Gasteiger charge is 2.33. The maximum atomic E-state index is 12.3. The fourth-order valence-electron chi connectivity index (χ4n) is 1.46. The molecule has 0 aliphatic rings. The molecule has 0 heterocycles. The number of carbonyl (C=O) groups is 3. The van der Waals surface area contributed by atoms with Crippen LogP contribution in [0.5, 0.6) is 5.75 Å². The summed E-state index contributed by atoms with van der Waals surface area (Å²) in [6.07, 6.45) is -5.91. The Labute approximate surface area is 131 Å². The predicted molar refractivity (Wildman–Crippen MR) is 71.4 cm³/mol. The van der Waals surface area contributed by atoms with E-state index in [-0.39, 0.29) is 11.1 Å². The first kappa shape index (κ1) is 18.1. The summed E-state index contributed by atoms with van der Waals surface area (Å²) in [5.41, 5.74) is -0.460. The second-order valence-corrected chi connectivity index (χ2v) is 4.85. The molecule has 0 unspecified atom stereocenters. The molecule has 0 spiro atoms. The standard InChI is InChI=1S/C13H10BrF3O5/c1-2-21-12(20)10(19)6-9(18)8-4-3-7(14)5-11(8)22-13(15,16)17/h3-5H,2,6H2,1H3. The minimum absolute atomic E-state index is 0.0561. The van der Waals surface area contributed by atoms with Crippen molar-refractivity contribution in [2.45, 2.75) is 19.7 Å². The van der Waals surface area contributed by atoms with Gasteiger partial charge in [-0.05, 0) is 25.1 Å². The number of hydrogen-bond donors (Lipinski definition) is 0. The summed E-state index contributed by atoms with van der Waals surface area (Å²) in [6.45, 7) is 1.41. The van der Waals surface area contributed by atoms with Crippen molar-refractivity contribution in [2.75, 3.05) is 6.61 Å². The molecule has 1 rings (SSSR count). The van der Waals surface area contributed by atoms with Gasteiger partial charge < -0.3 is 9.47 Å². The Balaban J connectivity index is 2.98. The zero-order chi connectivity index (χ0) is 16.9. The molecule has 0 N–H and O–H groups in total. The SMILES string of the molecule is CCOC(=O)C(=O)CC(=O)c1ccc(Br)cc1OC(F)(F)F. The van der Waals surface area contributed by atoms with Crippen LogP contribution in [0.4, 0.5) is 13.2 Å². The predicted octanol–water partition coefficient (Wildman–Crippen LogP) is 3.05. The van der Waals surface area contributed by atoms with E-state index in [2.05, 4.69) is 25.4 Å². The Hall–Kier alpha value is -1.90. The average molecular weight is 383 g/mol. The Bertz CT molecular complexity index is 598. The summed E-state index contributed by atoms with van der Waals surface area (Å²) in [6, 6.07) is 3.31. The van der Waals surface area contributed by atoms with E-state index in [1.54, 1.807) is 0 Å². The van der Waals surface area contributed by atoms with Crippen LogP contribution in [-0.2, 0) is 14.3 Å². The van der Waals surface area contributed by atoms with Gasteiger partial charge in [-0.2, -0.15) is 0 Å². The van der Waals surface area contributed by atoms with Crippen LogP contribution in [0.25, 0.3) is 0 Å². The van der Waals surface area contributed by atoms with E-state index in [4.69, 9.17) is 0 Å². The van der Waals surface area contributed by atoms with Crippen molar-refractivity contribution < 1.29 is 37.0 Å². The van der Waals surface area contributed by atoms with Gasteiger partial charge in [-0.25, -0.2) is 4.79 Å². The zero-order valence-corrected chi connectivity index (χ0v) is 12.8. The molecule has 1 aromatic rings. The number of hydrogen-bond acceptors (Lipinski definition) is 5. The summed E-state index contributed by atoms with van der Waals surface area (Å²) >= 11 is 2.95. The first-order valence-corrected chi connectivity index (χ1v) is 6.71. The number of alkyl halides is 3. The van der Waals surface area contributed by atoms with E-state index in [0.717, 1.165) is 12.1 Å². The highest BCUT2D eigenvalue weighted by Crippen LogP contribution is 2.30. The van der Waals surface area contributed by atoms with Gasteiger partial charge in [0.25, 0.3) is 0 Å². The second-order valence-electron chi connectivity index (χ2n) is 3.93. The number of halogens is 4. The molecule has 0 saturated heterocycles. The van der Waals surface area contributed by atoms with Crippen molar-refractivity contribution in [3.05, 3.63) is 28.2 Å². The number of Topliss-reactive ketones (excluding diaryl/α,β-unsaturated/α-hetero) is 2. The van der Waals surface area contributed by atoms with Gasteiger partial charge in [0.1, 0.15) is 5.75 Å². The summed E-state index contributed by atoms with van der Waals surface area (Å²) in [5.74, 6) is -4.10. The van der Waals surface area contributed by atoms with Crippen molar-refractivity contribution in [2.24, 2.45) is 0 Å². The summed E-state index contributed by atoms with van der Waals surface area (Å²) in [5, 5.41) is 0. The van der Waals surface area contributed by atoms with Crippen molar-refractivity contribution in [3.63, 3.8) is 0 Å². The summed E-state index contributed by atoms with van der Waals surface area (Å²) < 4.78 is 45.4. The molecule has 5 nitrogen and oxygen atoms in total. The lowest BCUT2D eigenvalue weighted by atomic mass is 10.1. The number of ether oxygens (including phenoxy) is 2. The van der Waals surface area contributed by atoms with Crippen LogP contribution in [0.3, 0.4) is 0 Å². The molecular formula is C13H10BrF3O5. The van der Waals surface area contributed by atoms with Crippen molar-refractivity contribution in [1.29, 1.82) is 0 Å². The molecule has 0 fully saturated rings. The first-order valence-electron chi connectivity index (χ1n) is 5.92. The van der Waals surface area contributed by atoms with E-state index >= 15 is 0 Å². The van der Waals surface area contributed by atoms with Crippen LogP contribution in [0.1, 0.15) is 23.7 Å². The monoisotopic (exact) mass is 382 g/mol. The van der Waals surface area contributed by atoms with Crippen LogP contribution in [0, 0.1) is 0 Å². The molecule has 0 aliphatic heterocycles. The van der Waals surface area contributed by atoms with Gasteiger partial charge >= 0.3 is 12.3 Å². The molecule has 0 radical (unpaired) electrons. The van der Waals surface area contributed by atoms with Crippen LogP contribution in [-0.4, -0.2) is 30.5 Å². The number of carbonyl (C=O) groups excluding carboxylic acids is 3. The maximum Gasteiger partial charge on any atom is 0.573 e. The Morgan fingerprint density at radius 1 is 1.23 bits per heavy atom. The Kier molecular flexibility index (Phi) is 6.10. The Morgan fingerprint density at radius 2 is 1.86 bits per heavy atom. The lowest BCUT2D eigenvalue weighted by Crippen LogP contribution is -2.22. The van der Waals surface area contributed by atoms with Crippen molar-refractivity contribution in [1.82, 2.24) is 0 Å². The topological polar surface area (TPSA) is 69.7 Å². The summed E-state index contributed by atoms with van der Waals surface area (Å²) in [7, 11) is 0. The number of benzene rings is 1. The largest absolute Gasteiger partial charge is 0.573 e. The molecule has 9 heteroatoms. The van der Waals surface area contributed by atoms with E-state index in [1.807, 2.05) is 0 Å². The van der Waals surface area contributed by atoms with Crippen LogP contribution in [0.15, 0.2) is 22.7 Å². The highest BCUT2D eigenvalue weighted by atomic mass is 79.9. The van der Waals surface area contributed by atoms with Gasteiger partial charge in [-0.15, -0.1) is 13.2 Å². The molecule has 0 bridgehead atoms. The second kappa shape index (κ2) is 7.39. The molecule has 120 valence electrons. The number of esters is 1. The normalized spacial score (nSPS) is 11.0. The van der Waals surface area contributed by atoms with E-state index in [0.29, 0.717) is 0 Å². The minimum atomic E-state index is -5.00. The fraction of sp³-hybridized carbons (Fsp3) is 0.308. The first-order chi connectivity index (χ1) is 10.1. The molecule has 0 atom stereocenters. The lowest BCUT2D eigenvalue weighted by molar-refractivity contribution is -0.274. The smallest absolute Gasteiger partial charge is 0.460 e. The van der Waals surface area contributed by atoms with Gasteiger partial charge in [-0.3, -0.25) is 9.59 Å². The molecule has 0 amide bonds. The highest BCUT2D eigenvalue weighted by molar-refractivity contribution is 9.10. The van der Waals surface area contributed by atoms with E-state index in [9.17, 15) is 27.6 Å². The van der Waals surface area contributed by atoms with Gasteiger partial charge in [0.2, 0.25) is 5.78 Å². The van der Waals surface area contributed by atoms with Crippen LogP contribution < -0.4 is 4.74 Å². The van der Waals surface area contributed by atoms with Gasteiger partial charge in [-0.1, -0.05) is 15.9 Å². The van der Waals surface area contributed by atoms with Gasteiger partial charge in [0.05, 0.1) is 18.6 Å². The molecule has 0 saturated carbocycles. The number of ketones is 2. The quantitative estimate of drug-likeness (QED) is 0.327. The number of rotatable bonds is 6. The van der Waals surface area contributed by atoms with Gasteiger partial charge in [0.15, 0.2) is 5.78 Å². The fourth-order valence-corrected chi connectivity index (χ4v) is 1.80. The minimum Gasteiger partial charge on any atom is -0.460 e. The molecular weight excluding hydrogens is 373 g/mol. The molecule has 0 aromatic heterocycles. The Morgan fingerprint density at radius 3 is 2.41 bits per heavy atom. The molecule has 1 aromatic carbocycles. The van der Waals surface area contributed by atoms with Crippen LogP contribution in [0.2, 0.25) is 0 Å². The molecule has 22 heavy (non-hydrogen) atoms. The zero-order valence-electron chi connectivity index (χ0n) is 11.2. The van der Waals surface area contributed by atoms with Crippen LogP contribution >= 0.6 is 15.9 Å². The maximum absolute atomic E-state index is 12.3. The third-order valence-electron chi connectivity index (χ3n) is 2.29. The lowest BCUT2D eigenvalue weighted by Gasteiger charge is -2.12. The third kappa shape index (κ3) is 5.47. The van der Waals surface area contributed by atoms with Crippen molar-refractivity contribution >= 4 is 33.5 Å². The van der Waals surface area contributed by atoms with E-state index in [1.165, 1.54) is 13.0 Å². The van der Waals surface area contributed by atoms with Crippen molar-refractivity contribution in [3.8, 4) is 5.75 Å². The van der Waals surface area contributed by atoms with E-state index < -0.39 is 41.6 Å². The van der Waals surface area contributed by atoms with Gasteiger partial charge in [0, 0.05) is 4.47 Å². The average Bonchev–Trinajstić information content (AvgIpc) is 2.36. The third-order valence-corrected chi connectivity index (χ3v) is 2.79. The summed E-state index contributed by atoms with van der Waals surface area (Å²) in [4.78, 5) is 34.4.